The van der Waals surface area contributed by atoms with Gasteiger partial charge in [-0.05, 0) is 42.1 Å². The van der Waals surface area contributed by atoms with Gasteiger partial charge in [0.1, 0.15) is 0 Å². The summed E-state index contributed by atoms with van der Waals surface area (Å²) in [4.78, 5) is 4.58. The molecule has 0 radical (unpaired) electrons. The third-order valence-corrected chi connectivity index (χ3v) is 3.92. The molecule has 1 unspecified atom stereocenters. The Labute approximate surface area is 114 Å². The Kier molecular flexibility index (Phi) is 3.60. The highest BCUT2D eigenvalue weighted by Crippen LogP contribution is 2.36. The fraction of sp³-hybridized carbons (Fsp3) is 0.353. The van der Waals surface area contributed by atoms with E-state index in [1.54, 1.807) is 0 Å². The summed E-state index contributed by atoms with van der Waals surface area (Å²) >= 11 is 0. The quantitative estimate of drug-likeness (QED) is 0.903. The average Bonchev–Trinajstić information content (AvgIpc) is 2.90. The van der Waals surface area contributed by atoms with E-state index in [9.17, 15) is 0 Å². The Hall–Kier alpha value is -1.67. The molecule has 0 fully saturated rings. The summed E-state index contributed by atoms with van der Waals surface area (Å²) in [7, 11) is 0. The summed E-state index contributed by atoms with van der Waals surface area (Å²) in [5.74, 6) is 0.490. The Bertz CT molecular complexity index is 545. The molecule has 1 N–H and O–H groups in total. The second-order valence-electron chi connectivity index (χ2n) is 5.16. The molecule has 1 aliphatic carbocycles. The summed E-state index contributed by atoms with van der Waals surface area (Å²) < 4.78 is 0. The molecule has 3 rings (SSSR count). The first-order valence-electron chi connectivity index (χ1n) is 7.12. The molecule has 19 heavy (non-hydrogen) atoms. The molecule has 2 heteroatoms. The zero-order valence-corrected chi connectivity index (χ0v) is 11.4. The van der Waals surface area contributed by atoms with Gasteiger partial charge in [0.15, 0.2) is 0 Å². The van der Waals surface area contributed by atoms with Crippen molar-refractivity contribution in [3.05, 3.63) is 65.0 Å². The number of rotatable bonds is 4. The van der Waals surface area contributed by atoms with E-state index in [-0.39, 0.29) is 0 Å². The first-order valence-corrected chi connectivity index (χ1v) is 7.12. The monoisotopic (exact) mass is 252 g/mol. The highest BCUT2D eigenvalue weighted by Gasteiger charge is 2.24. The highest BCUT2D eigenvalue weighted by atomic mass is 14.8. The molecule has 1 atom stereocenters. The van der Waals surface area contributed by atoms with Crippen LogP contribution in [0.5, 0.6) is 0 Å². The van der Waals surface area contributed by atoms with E-state index in [0.717, 1.165) is 19.5 Å². The second kappa shape index (κ2) is 5.54. The van der Waals surface area contributed by atoms with Crippen LogP contribution in [-0.2, 0) is 13.0 Å². The average molecular weight is 252 g/mol. The Morgan fingerprint density at radius 1 is 1.21 bits per heavy atom. The normalized spacial score (nSPS) is 17.4. The van der Waals surface area contributed by atoms with Crippen LogP contribution in [-0.4, -0.2) is 11.5 Å². The maximum Gasteiger partial charge on any atom is 0.0510 e. The van der Waals surface area contributed by atoms with Gasteiger partial charge in [-0.3, -0.25) is 4.98 Å². The number of benzene rings is 1. The summed E-state index contributed by atoms with van der Waals surface area (Å²) in [6.45, 7) is 4.10. The molecule has 1 aliphatic rings. The topological polar surface area (TPSA) is 24.9 Å². The minimum absolute atomic E-state index is 0.490. The maximum absolute atomic E-state index is 4.58. The van der Waals surface area contributed by atoms with Gasteiger partial charge in [0.05, 0.1) is 5.69 Å². The van der Waals surface area contributed by atoms with Crippen LogP contribution in [0, 0.1) is 0 Å². The van der Waals surface area contributed by atoms with Crippen LogP contribution in [0.25, 0.3) is 0 Å². The van der Waals surface area contributed by atoms with E-state index in [1.807, 2.05) is 12.3 Å². The minimum Gasteiger partial charge on any atom is -0.313 e. The van der Waals surface area contributed by atoms with Gasteiger partial charge in [-0.25, -0.2) is 0 Å². The lowest BCUT2D eigenvalue weighted by Crippen LogP contribution is -2.11. The van der Waals surface area contributed by atoms with Crippen molar-refractivity contribution in [1.82, 2.24) is 10.3 Å². The fourth-order valence-corrected chi connectivity index (χ4v) is 2.87. The van der Waals surface area contributed by atoms with Gasteiger partial charge in [-0.1, -0.05) is 37.3 Å². The van der Waals surface area contributed by atoms with Crippen molar-refractivity contribution in [2.45, 2.75) is 32.2 Å². The summed E-state index contributed by atoms with van der Waals surface area (Å²) in [5, 5.41) is 3.36. The first-order chi connectivity index (χ1) is 9.38. The van der Waals surface area contributed by atoms with E-state index in [4.69, 9.17) is 0 Å². The van der Waals surface area contributed by atoms with Crippen molar-refractivity contribution in [2.75, 3.05) is 6.54 Å². The number of pyridine rings is 1. The van der Waals surface area contributed by atoms with Gasteiger partial charge in [-0.15, -0.1) is 0 Å². The molecule has 0 aliphatic heterocycles. The lowest BCUT2D eigenvalue weighted by molar-refractivity contribution is 0.724. The van der Waals surface area contributed by atoms with Crippen molar-refractivity contribution < 1.29 is 0 Å². The molecule has 0 saturated carbocycles. The molecule has 1 aromatic heterocycles. The Morgan fingerprint density at radius 3 is 2.84 bits per heavy atom. The molecule has 0 spiro atoms. The van der Waals surface area contributed by atoms with Crippen molar-refractivity contribution >= 4 is 0 Å². The molecule has 0 bridgehead atoms. The van der Waals surface area contributed by atoms with Gasteiger partial charge in [0, 0.05) is 18.7 Å². The van der Waals surface area contributed by atoms with E-state index < -0.39 is 0 Å². The van der Waals surface area contributed by atoms with Crippen molar-refractivity contribution in [3.8, 4) is 0 Å². The molecule has 2 nitrogen and oxygen atoms in total. The third kappa shape index (κ3) is 2.54. The van der Waals surface area contributed by atoms with E-state index in [2.05, 4.69) is 47.6 Å². The number of hydrogen-bond donors (Lipinski definition) is 1. The molecular weight excluding hydrogens is 232 g/mol. The zero-order valence-electron chi connectivity index (χ0n) is 11.4. The van der Waals surface area contributed by atoms with Crippen LogP contribution in [0.3, 0.4) is 0 Å². The lowest BCUT2D eigenvalue weighted by atomic mass is 9.95. The largest absolute Gasteiger partial charge is 0.313 e. The lowest BCUT2D eigenvalue weighted by Gasteiger charge is -2.12. The third-order valence-electron chi connectivity index (χ3n) is 3.92. The van der Waals surface area contributed by atoms with Crippen molar-refractivity contribution in [2.24, 2.45) is 0 Å². The minimum atomic E-state index is 0.490. The van der Waals surface area contributed by atoms with Crippen LogP contribution in [0.1, 0.15) is 41.6 Å². The smallest absolute Gasteiger partial charge is 0.0510 e. The molecular formula is C17H20N2. The standard InChI is InChI=1S/C17H20N2/c1-2-18-12-13-5-7-14(8-6-13)16-10-9-15-4-3-11-19-17(15)16/h3-8,11,16,18H,2,9-10,12H2,1H3. The SMILES string of the molecule is CCNCc1ccc(C2CCc3cccnc32)cc1. The van der Waals surface area contributed by atoms with Crippen LogP contribution in [0.4, 0.5) is 0 Å². The molecule has 98 valence electrons. The zero-order chi connectivity index (χ0) is 13.1. The molecule has 1 aromatic carbocycles. The van der Waals surface area contributed by atoms with E-state index >= 15 is 0 Å². The number of nitrogens with one attached hydrogen (secondary N) is 1. The van der Waals surface area contributed by atoms with Crippen LogP contribution in [0.2, 0.25) is 0 Å². The number of aromatic nitrogens is 1. The van der Waals surface area contributed by atoms with Crippen LogP contribution >= 0.6 is 0 Å². The van der Waals surface area contributed by atoms with Crippen LogP contribution < -0.4 is 5.32 Å². The van der Waals surface area contributed by atoms with Gasteiger partial charge in [-0.2, -0.15) is 0 Å². The van der Waals surface area contributed by atoms with Gasteiger partial charge < -0.3 is 5.32 Å². The van der Waals surface area contributed by atoms with Gasteiger partial charge in [0.25, 0.3) is 0 Å². The van der Waals surface area contributed by atoms with Gasteiger partial charge >= 0.3 is 0 Å². The van der Waals surface area contributed by atoms with Crippen LogP contribution in [0.15, 0.2) is 42.6 Å². The number of fused-ring (bicyclic) bond motifs is 1. The van der Waals surface area contributed by atoms with Crippen molar-refractivity contribution in [3.63, 3.8) is 0 Å². The van der Waals surface area contributed by atoms with E-state index in [0.29, 0.717) is 5.92 Å². The molecule has 0 amide bonds. The van der Waals surface area contributed by atoms with E-state index in [1.165, 1.54) is 28.8 Å². The number of hydrogen-bond acceptors (Lipinski definition) is 2. The maximum atomic E-state index is 4.58. The predicted octanol–water partition coefficient (Wildman–Crippen LogP) is 3.27. The molecule has 0 saturated heterocycles. The molecule has 1 heterocycles. The first kappa shape index (κ1) is 12.4. The number of aryl methyl sites for hydroxylation is 1. The van der Waals surface area contributed by atoms with Gasteiger partial charge in [0.2, 0.25) is 0 Å². The Balaban J connectivity index is 1.80. The molecule has 2 aromatic rings. The summed E-state index contributed by atoms with van der Waals surface area (Å²) in [6.07, 6.45) is 4.27. The Morgan fingerprint density at radius 2 is 2.05 bits per heavy atom. The highest BCUT2D eigenvalue weighted by molar-refractivity contribution is 5.38. The fourth-order valence-electron chi connectivity index (χ4n) is 2.87. The summed E-state index contributed by atoms with van der Waals surface area (Å²) in [6, 6.07) is 13.3. The number of nitrogens with zero attached hydrogens (tertiary/aromatic N) is 1. The second-order valence-corrected chi connectivity index (χ2v) is 5.16. The summed E-state index contributed by atoms with van der Waals surface area (Å²) in [5.41, 5.74) is 5.45. The van der Waals surface area contributed by atoms with Crippen molar-refractivity contribution in [1.29, 1.82) is 0 Å². The predicted molar refractivity (Wildman–Crippen MR) is 78.2 cm³/mol.